The number of aromatic nitrogens is 4. The van der Waals surface area contributed by atoms with Crippen LogP contribution in [0, 0.1) is 0 Å². The highest BCUT2D eigenvalue weighted by atomic mass is 35.5. The molecule has 1 heterocycles. The molecule has 1 aromatic carbocycles. The third-order valence-electron chi connectivity index (χ3n) is 3.20. The van der Waals surface area contributed by atoms with E-state index in [9.17, 15) is 0 Å². The van der Waals surface area contributed by atoms with Gasteiger partial charge in [0.15, 0.2) is 5.82 Å². The summed E-state index contributed by atoms with van der Waals surface area (Å²) in [5.74, 6) is 0.651. The van der Waals surface area contributed by atoms with E-state index in [1.165, 1.54) is 0 Å². The number of benzene rings is 1. The summed E-state index contributed by atoms with van der Waals surface area (Å²) in [6.45, 7) is 6.35. The Morgan fingerprint density at radius 3 is 2.79 bits per heavy atom. The molecular weight excluding hydrogens is 262 g/mol. The molecule has 2 N–H and O–H groups in total. The fourth-order valence-electron chi connectivity index (χ4n) is 2.21. The molecule has 0 aliphatic heterocycles. The van der Waals surface area contributed by atoms with Crippen molar-refractivity contribution in [3.63, 3.8) is 0 Å². The summed E-state index contributed by atoms with van der Waals surface area (Å²) < 4.78 is 1.82. The van der Waals surface area contributed by atoms with Crippen LogP contribution in [-0.2, 0) is 5.54 Å². The summed E-state index contributed by atoms with van der Waals surface area (Å²) in [6, 6.07) is 5.48. The molecule has 6 heteroatoms. The zero-order valence-electron chi connectivity index (χ0n) is 11.4. The van der Waals surface area contributed by atoms with Crippen molar-refractivity contribution in [1.82, 2.24) is 20.2 Å². The maximum absolute atomic E-state index is 6.06. The number of para-hydroxylation sites is 1. The zero-order chi connectivity index (χ0) is 14.0. The molecule has 0 atom stereocenters. The monoisotopic (exact) mass is 279 g/mol. The molecule has 102 valence electrons. The van der Waals surface area contributed by atoms with E-state index in [4.69, 9.17) is 17.3 Å². The Labute approximate surface area is 117 Å². The number of nitrogens with zero attached hydrogens (tertiary/aromatic N) is 4. The van der Waals surface area contributed by atoms with Gasteiger partial charge in [0.2, 0.25) is 0 Å². The van der Waals surface area contributed by atoms with Gasteiger partial charge < -0.3 is 5.73 Å². The van der Waals surface area contributed by atoms with Gasteiger partial charge >= 0.3 is 0 Å². The number of halogens is 1. The molecule has 0 spiro atoms. The highest BCUT2D eigenvalue weighted by Crippen LogP contribution is 2.32. The Hall–Kier alpha value is -1.62. The van der Waals surface area contributed by atoms with Crippen molar-refractivity contribution < 1.29 is 0 Å². The van der Waals surface area contributed by atoms with Gasteiger partial charge in [-0.3, -0.25) is 0 Å². The number of nitrogen functional groups attached to an aromatic ring is 1. The smallest absolute Gasteiger partial charge is 0.184 e. The number of rotatable bonds is 4. The van der Waals surface area contributed by atoms with E-state index in [1.54, 1.807) is 6.07 Å². The molecule has 2 aromatic rings. The first-order valence-corrected chi connectivity index (χ1v) is 6.68. The third kappa shape index (κ3) is 2.56. The molecule has 0 aliphatic rings. The predicted molar refractivity (Wildman–Crippen MR) is 76.9 cm³/mol. The van der Waals surface area contributed by atoms with E-state index in [2.05, 4.69) is 36.3 Å². The van der Waals surface area contributed by atoms with Gasteiger partial charge in [-0.2, -0.15) is 0 Å². The highest BCUT2D eigenvalue weighted by molar-refractivity contribution is 6.33. The summed E-state index contributed by atoms with van der Waals surface area (Å²) in [5.41, 5.74) is 7.13. The van der Waals surface area contributed by atoms with E-state index in [-0.39, 0.29) is 5.54 Å². The molecule has 0 aliphatic carbocycles. The normalized spacial score (nSPS) is 11.8. The van der Waals surface area contributed by atoms with Crippen LogP contribution in [0.5, 0.6) is 0 Å². The van der Waals surface area contributed by atoms with E-state index < -0.39 is 0 Å². The minimum Gasteiger partial charge on any atom is -0.397 e. The van der Waals surface area contributed by atoms with Crippen LogP contribution >= 0.6 is 11.6 Å². The molecule has 0 radical (unpaired) electrons. The molecule has 0 amide bonds. The Morgan fingerprint density at radius 2 is 2.11 bits per heavy atom. The van der Waals surface area contributed by atoms with Gasteiger partial charge in [0.25, 0.3) is 0 Å². The molecule has 0 fully saturated rings. The van der Waals surface area contributed by atoms with Crippen molar-refractivity contribution in [2.75, 3.05) is 5.73 Å². The lowest BCUT2D eigenvalue weighted by atomic mass is 9.98. The van der Waals surface area contributed by atoms with Crippen LogP contribution in [0.3, 0.4) is 0 Å². The number of anilines is 1. The van der Waals surface area contributed by atoms with E-state index >= 15 is 0 Å². The molecule has 5 nitrogen and oxygen atoms in total. The SMILES string of the molecule is CCCC(C)(C)n1nnnc1-c1cccc(Cl)c1N. The fourth-order valence-corrected chi connectivity index (χ4v) is 2.39. The average molecular weight is 280 g/mol. The average Bonchev–Trinajstić information content (AvgIpc) is 2.82. The van der Waals surface area contributed by atoms with Crippen LogP contribution in [0.15, 0.2) is 18.2 Å². The van der Waals surface area contributed by atoms with Gasteiger partial charge in [-0.15, -0.1) is 5.10 Å². The Balaban J connectivity index is 2.53. The van der Waals surface area contributed by atoms with Crippen LogP contribution in [0.2, 0.25) is 5.02 Å². The Bertz CT molecular complexity index is 576. The summed E-state index contributed by atoms with van der Waals surface area (Å²) in [6.07, 6.45) is 2.03. The summed E-state index contributed by atoms with van der Waals surface area (Å²) in [5, 5.41) is 12.5. The number of hydrogen-bond donors (Lipinski definition) is 1. The Morgan fingerprint density at radius 1 is 1.37 bits per heavy atom. The molecular formula is C13H18ClN5. The minimum absolute atomic E-state index is 0.164. The van der Waals surface area contributed by atoms with E-state index in [1.807, 2.05) is 16.8 Å². The molecule has 0 saturated carbocycles. The number of hydrogen-bond acceptors (Lipinski definition) is 4. The second-order valence-corrected chi connectivity index (χ2v) is 5.59. The first-order valence-electron chi connectivity index (χ1n) is 6.30. The van der Waals surface area contributed by atoms with Gasteiger partial charge in [-0.25, -0.2) is 4.68 Å². The topological polar surface area (TPSA) is 69.6 Å². The van der Waals surface area contributed by atoms with Crippen molar-refractivity contribution in [3.8, 4) is 11.4 Å². The lowest BCUT2D eigenvalue weighted by molar-refractivity contribution is 0.290. The second kappa shape index (κ2) is 5.17. The first-order chi connectivity index (χ1) is 8.97. The quantitative estimate of drug-likeness (QED) is 0.873. The van der Waals surface area contributed by atoms with Crippen LogP contribution < -0.4 is 5.73 Å². The Kier molecular flexibility index (Phi) is 3.75. The van der Waals surface area contributed by atoms with Crippen molar-refractivity contribution in [2.24, 2.45) is 0 Å². The molecule has 0 unspecified atom stereocenters. The lowest BCUT2D eigenvalue weighted by Crippen LogP contribution is -2.28. The fraction of sp³-hybridized carbons (Fsp3) is 0.462. The predicted octanol–water partition coefficient (Wildman–Crippen LogP) is 3.11. The first kappa shape index (κ1) is 13.8. The molecule has 0 saturated heterocycles. The van der Waals surface area contributed by atoms with Gasteiger partial charge in [-0.1, -0.05) is 31.0 Å². The van der Waals surface area contributed by atoms with Crippen molar-refractivity contribution >= 4 is 17.3 Å². The van der Waals surface area contributed by atoms with Crippen molar-refractivity contribution in [3.05, 3.63) is 23.2 Å². The summed E-state index contributed by atoms with van der Waals surface area (Å²) >= 11 is 6.06. The third-order valence-corrected chi connectivity index (χ3v) is 3.53. The van der Waals surface area contributed by atoms with Gasteiger partial charge in [0.1, 0.15) is 0 Å². The summed E-state index contributed by atoms with van der Waals surface area (Å²) in [4.78, 5) is 0. The minimum atomic E-state index is -0.164. The highest BCUT2D eigenvalue weighted by Gasteiger charge is 2.26. The molecule has 0 bridgehead atoms. The van der Waals surface area contributed by atoms with Crippen molar-refractivity contribution in [1.29, 1.82) is 0 Å². The maximum atomic E-state index is 6.06. The molecule has 19 heavy (non-hydrogen) atoms. The summed E-state index contributed by atoms with van der Waals surface area (Å²) in [7, 11) is 0. The van der Waals surface area contributed by atoms with E-state index in [0.717, 1.165) is 18.4 Å². The lowest BCUT2D eigenvalue weighted by Gasteiger charge is -2.25. The van der Waals surface area contributed by atoms with Crippen LogP contribution in [0.25, 0.3) is 11.4 Å². The zero-order valence-corrected chi connectivity index (χ0v) is 12.1. The molecule has 1 aromatic heterocycles. The maximum Gasteiger partial charge on any atom is 0.184 e. The van der Waals surface area contributed by atoms with Crippen molar-refractivity contribution in [2.45, 2.75) is 39.2 Å². The van der Waals surface area contributed by atoms with Crippen LogP contribution in [0.1, 0.15) is 33.6 Å². The van der Waals surface area contributed by atoms with E-state index in [0.29, 0.717) is 16.5 Å². The molecule has 2 rings (SSSR count). The number of nitrogens with two attached hydrogens (primary N) is 1. The number of tetrazole rings is 1. The standard InChI is InChI=1S/C13H18ClN5/c1-4-8-13(2,3)19-12(16-17-18-19)9-6-5-7-10(14)11(9)15/h5-7H,4,8,15H2,1-3H3. The van der Waals surface area contributed by atoms with Crippen LogP contribution in [0.4, 0.5) is 5.69 Å². The second-order valence-electron chi connectivity index (χ2n) is 5.18. The van der Waals surface area contributed by atoms with Gasteiger partial charge in [0.05, 0.1) is 16.2 Å². The van der Waals surface area contributed by atoms with Crippen LogP contribution in [-0.4, -0.2) is 20.2 Å². The largest absolute Gasteiger partial charge is 0.397 e. The van der Waals surface area contributed by atoms with Gasteiger partial charge in [0, 0.05) is 5.56 Å². The van der Waals surface area contributed by atoms with Gasteiger partial charge in [-0.05, 0) is 42.8 Å².